The van der Waals surface area contributed by atoms with Crippen molar-refractivity contribution in [1.82, 2.24) is 5.32 Å². The second kappa shape index (κ2) is 5.10. The van der Waals surface area contributed by atoms with E-state index < -0.39 is 0 Å². The summed E-state index contributed by atoms with van der Waals surface area (Å²) in [6, 6.07) is 7.64. The molecule has 0 amide bonds. The maximum absolute atomic E-state index is 5.46. The number of hydrogen-bond acceptors (Lipinski definition) is 3. The number of halogens is 1. The van der Waals surface area contributed by atoms with E-state index in [0.29, 0.717) is 6.04 Å². The van der Waals surface area contributed by atoms with Crippen molar-refractivity contribution >= 4 is 21.6 Å². The number of methoxy groups -OCH3 is 1. The molecule has 1 atom stereocenters. The highest BCUT2D eigenvalue weighted by molar-refractivity contribution is 9.10. The van der Waals surface area contributed by atoms with Crippen LogP contribution < -0.4 is 15.0 Å². The number of rotatable bonds is 4. The van der Waals surface area contributed by atoms with Gasteiger partial charge in [0.1, 0.15) is 5.75 Å². The Hall–Kier alpha value is -0.740. The Morgan fingerprint density at radius 1 is 1.28 bits per heavy atom. The molecular weight excluding hydrogens is 292 g/mol. The topological polar surface area (TPSA) is 24.5 Å². The van der Waals surface area contributed by atoms with Crippen molar-refractivity contribution in [1.29, 1.82) is 0 Å². The van der Waals surface area contributed by atoms with Gasteiger partial charge in [-0.1, -0.05) is 15.9 Å². The summed E-state index contributed by atoms with van der Waals surface area (Å²) in [6.07, 6.45) is 3.94. The third kappa shape index (κ3) is 2.64. The molecule has 1 N–H and O–H groups in total. The lowest BCUT2D eigenvalue weighted by Gasteiger charge is -2.21. The fourth-order valence-corrected chi connectivity index (χ4v) is 2.96. The van der Waals surface area contributed by atoms with Gasteiger partial charge in [0.05, 0.1) is 12.8 Å². The van der Waals surface area contributed by atoms with Crippen LogP contribution in [-0.2, 0) is 0 Å². The quantitative estimate of drug-likeness (QED) is 0.925. The average molecular weight is 311 g/mol. The molecule has 18 heavy (non-hydrogen) atoms. The van der Waals surface area contributed by atoms with Gasteiger partial charge < -0.3 is 15.0 Å². The standard InChI is InChI=1S/C14H19BrN2O/c1-18-14-5-2-10(15)8-13(14)17-7-6-12(9-17)16-11-3-4-11/h2,5,8,11-12,16H,3-4,6-7,9H2,1H3. The van der Waals surface area contributed by atoms with Crippen molar-refractivity contribution in [2.45, 2.75) is 31.3 Å². The second-order valence-corrected chi connectivity index (χ2v) is 6.10. The van der Waals surface area contributed by atoms with Gasteiger partial charge in [-0.25, -0.2) is 0 Å². The van der Waals surface area contributed by atoms with E-state index in [4.69, 9.17) is 4.74 Å². The zero-order chi connectivity index (χ0) is 12.5. The van der Waals surface area contributed by atoms with Gasteiger partial charge >= 0.3 is 0 Å². The predicted octanol–water partition coefficient (Wildman–Crippen LogP) is 2.79. The molecule has 1 aliphatic heterocycles. The van der Waals surface area contributed by atoms with Gasteiger partial charge in [0.2, 0.25) is 0 Å². The lowest BCUT2D eigenvalue weighted by atomic mass is 10.2. The Morgan fingerprint density at radius 3 is 2.83 bits per heavy atom. The van der Waals surface area contributed by atoms with Gasteiger partial charge in [0.25, 0.3) is 0 Å². The van der Waals surface area contributed by atoms with E-state index in [2.05, 4.69) is 32.2 Å². The highest BCUT2D eigenvalue weighted by Crippen LogP contribution is 2.34. The minimum atomic E-state index is 0.640. The fraction of sp³-hybridized carbons (Fsp3) is 0.571. The molecule has 1 aromatic carbocycles. The van der Waals surface area contributed by atoms with Crippen LogP contribution in [0.1, 0.15) is 19.3 Å². The van der Waals surface area contributed by atoms with E-state index in [1.54, 1.807) is 7.11 Å². The van der Waals surface area contributed by atoms with Gasteiger partial charge in [-0.3, -0.25) is 0 Å². The zero-order valence-corrected chi connectivity index (χ0v) is 12.2. The van der Waals surface area contributed by atoms with E-state index in [1.807, 2.05) is 12.1 Å². The molecule has 3 nitrogen and oxygen atoms in total. The normalized spacial score (nSPS) is 23.4. The molecule has 2 fully saturated rings. The van der Waals surface area contributed by atoms with Crippen LogP contribution in [0.15, 0.2) is 22.7 Å². The highest BCUT2D eigenvalue weighted by atomic mass is 79.9. The smallest absolute Gasteiger partial charge is 0.142 e. The molecule has 1 aromatic rings. The third-order valence-electron chi connectivity index (χ3n) is 3.72. The van der Waals surface area contributed by atoms with Crippen molar-refractivity contribution < 1.29 is 4.74 Å². The van der Waals surface area contributed by atoms with Crippen molar-refractivity contribution in [3.8, 4) is 5.75 Å². The Morgan fingerprint density at radius 2 is 2.11 bits per heavy atom. The molecule has 0 spiro atoms. The number of nitrogens with zero attached hydrogens (tertiary/aromatic N) is 1. The van der Waals surface area contributed by atoms with E-state index in [9.17, 15) is 0 Å². The molecule has 1 saturated heterocycles. The minimum absolute atomic E-state index is 0.640. The molecule has 2 aliphatic rings. The summed E-state index contributed by atoms with van der Waals surface area (Å²) in [5, 5.41) is 3.71. The molecule has 1 saturated carbocycles. The fourth-order valence-electron chi connectivity index (χ4n) is 2.61. The molecular formula is C14H19BrN2O. The van der Waals surface area contributed by atoms with Crippen molar-refractivity contribution in [3.05, 3.63) is 22.7 Å². The molecule has 1 heterocycles. The maximum Gasteiger partial charge on any atom is 0.142 e. The Labute approximate surface area is 117 Å². The van der Waals surface area contributed by atoms with Crippen LogP contribution in [-0.4, -0.2) is 32.3 Å². The Kier molecular flexibility index (Phi) is 3.48. The zero-order valence-electron chi connectivity index (χ0n) is 10.7. The Bertz CT molecular complexity index is 434. The second-order valence-electron chi connectivity index (χ2n) is 5.19. The lowest BCUT2D eigenvalue weighted by Crippen LogP contribution is -2.34. The summed E-state index contributed by atoms with van der Waals surface area (Å²) < 4.78 is 6.57. The average Bonchev–Trinajstić information content (AvgIpc) is 3.05. The first-order chi connectivity index (χ1) is 8.76. The Balaban J connectivity index is 1.72. The first-order valence-corrected chi connectivity index (χ1v) is 7.40. The van der Waals surface area contributed by atoms with Crippen LogP contribution in [0.5, 0.6) is 5.75 Å². The SMILES string of the molecule is COc1ccc(Br)cc1N1CCC(NC2CC2)C1. The third-order valence-corrected chi connectivity index (χ3v) is 4.21. The van der Waals surface area contributed by atoms with Gasteiger partial charge in [-0.05, 0) is 37.5 Å². The predicted molar refractivity (Wildman–Crippen MR) is 77.5 cm³/mol. The molecule has 0 radical (unpaired) electrons. The van der Waals surface area contributed by atoms with Gasteiger partial charge in [0.15, 0.2) is 0 Å². The molecule has 3 rings (SSSR count). The van der Waals surface area contributed by atoms with Gasteiger partial charge in [0, 0.05) is 29.6 Å². The van der Waals surface area contributed by atoms with Crippen LogP contribution in [0, 0.1) is 0 Å². The number of anilines is 1. The highest BCUT2D eigenvalue weighted by Gasteiger charge is 2.30. The van der Waals surface area contributed by atoms with E-state index in [-0.39, 0.29) is 0 Å². The number of nitrogens with one attached hydrogen (secondary N) is 1. The van der Waals surface area contributed by atoms with Gasteiger partial charge in [-0.15, -0.1) is 0 Å². The summed E-state index contributed by atoms with van der Waals surface area (Å²) >= 11 is 3.54. The summed E-state index contributed by atoms with van der Waals surface area (Å²) in [5.74, 6) is 0.963. The molecule has 4 heteroatoms. The summed E-state index contributed by atoms with van der Waals surface area (Å²) in [6.45, 7) is 2.19. The van der Waals surface area contributed by atoms with Crippen molar-refractivity contribution in [2.75, 3.05) is 25.1 Å². The van der Waals surface area contributed by atoms with Crippen LogP contribution in [0.3, 0.4) is 0 Å². The molecule has 1 unspecified atom stereocenters. The molecule has 0 aromatic heterocycles. The van der Waals surface area contributed by atoms with E-state index in [1.165, 1.54) is 24.9 Å². The van der Waals surface area contributed by atoms with Gasteiger partial charge in [-0.2, -0.15) is 0 Å². The lowest BCUT2D eigenvalue weighted by molar-refractivity contribution is 0.414. The maximum atomic E-state index is 5.46. The number of benzene rings is 1. The minimum Gasteiger partial charge on any atom is -0.495 e. The first kappa shape index (κ1) is 12.3. The van der Waals surface area contributed by atoms with Crippen LogP contribution in [0.25, 0.3) is 0 Å². The van der Waals surface area contributed by atoms with Crippen LogP contribution in [0.2, 0.25) is 0 Å². The van der Waals surface area contributed by atoms with Crippen molar-refractivity contribution in [3.63, 3.8) is 0 Å². The van der Waals surface area contributed by atoms with Crippen LogP contribution in [0.4, 0.5) is 5.69 Å². The number of hydrogen-bond donors (Lipinski definition) is 1. The van der Waals surface area contributed by atoms with Crippen molar-refractivity contribution in [2.24, 2.45) is 0 Å². The molecule has 98 valence electrons. The largest absolute Gasteiger partial charge is 0.495 e. The van der Waals surface area contributed by atoms with E-state index in [0.717, 1.165) is 29.4 Å². The summed E-state index contributed by atoms with van der Waals surface area (Å²) in [7, 11) is 1.74. The van der Waals surface area contributed by atoms with E-state index >= 15 is 0 Å². The molecule has 1 aliphatic carbocycles. The summed E-state index contributed by atoms with van der Waals surface area (Å²) in [5.41, 5.74) is 1.20. The monoisotopic (exact) mass is 310 g/mol. The number of ether oxygens (including phenoxy) is 1. The summed E-state index contributed by atoms with van der Waals surface area (Å²) in [4.78, 5) is 2.42. The first-order valence-electron chi connectivity index (χ1n) is 6.61. The van der Waals surface area contributed by atoms with Crippen LogP contribution >= 0.6 is 15.9 Å². The molecule has 0 bridgehead atoms.